The molecule has 0 aromatic heterocycles. The van der Waals surface area contributed by atoms with Gasteiger partial charge < -0.3 is 16.2 Å². The summed E-state index contributed by atoms with van der Waals surface area (Å²) >= 11 is 12.0. The van der Waals surface area contributed by atoms with Crippen LogP contribution in [0, 0.1) is 0 Å². The molecule has 3 nitrogen and oxygen atoms in total. The first kappa shape index (κ1) is 16.1. The monoisotopic (exact) mass is 324 g/mol. The number of para-hydroxylation sites is 1. The minimum Gasteiger partial charge on any atom is -0.398 e. The van der Waals surface area contributed by atoms with E-state index in [0.717, 1.165) is 17.5 Å². The molecule has 21 heavy (non-hydrogen) atoms. The molecule has 5 heteroatoms. The van der Waals surface area contributed by atoms with E-state index in [0.29, 0.717) is 28.8 Å². The predicted octanol–water partition coefficient (Wildman–Crippen LogP) is 3.44. The molecule has 0 aliphatic carbocycles. The van der Waals surface area contributed by atoms with E-state index in [2.05, 4.69) is 5.32 Å². The zero-order chi connectivity index (χ0) is 15.2. The molecule has 1 unspecified atom stereocenters. The summed E-state index contributed by atoms with van der Waals surface area (Å²) in [6, 6.07) is 12.8. The van der Waals surface area contributed by atoms with Crippen molar-refractivity contribution in [3.8, 4) is 0 Å². The van der Waals surface area contributed by atoms with Gasteiger partial charge in [-0.25, -0.2) is 0 Å². The zero-order valence-corrected chi connectivity index (χ0v) is 13.0. The van der Waals surface area contributed by atoms with Crippen molar-refractivity contribution in [1.82, 2.24) is 5.32 Å². The first-order valence-electron chi connectivity index (χ1n) is 6.75. The summed E-state index contributed by atoms with van der Waals surface area (Å²) in [4.78, 5) is 0. The van der Waals surface area contributed by atoms with Crippen LogP contribution < -0.4 is 11.1 Å². The fourth-order valence-electron chi connectivity index (χ4n) is 2.11. The highest BCUT2D eigenvalue weighted by Gasteiger charge is 2.09. The fraction of sp³-hybridized carbons (Fsp3) is 0.250. The maximum absolute atomic E-state index is 10.1. The predicted molar refractivity (Wildman–Crippen MR) is 88.8 cm³/mol. The van der Waals surface area contributed by atoms with Gasteiger partial charge in [-0.15, -0.1) is 0 Å². The standard InChI is InChI=1S/C16H18Cl2N2O/c17-12-6-5-11(14(18)9-12)7-8-20-10-16(21)13-3-1-2-4-15(13)19/h1-6,9,16,20-21H,7-8,10,19H2. The molecule has 0 amide bonds. The molecule has 0 bridgehead atoms. The van der Waals surface area contributed by atoms with Crippen molar-refractivity contribution in [2.24, 2.45) is 0 Å². The molecule has 0 saturated heterocycles. The molecule has 2 aromatic rings. The van der Waals surface area contributed by atoms with Crippen LogP contribution in [0.5, 0.6) is 0 Å². The van der Waals surface area contributed by atoms with E-state index in [1.165, 1.54) is 0 Å². The average Bonchev–Trinajstić information content (AvgIpc) is 2.45. The topological polar surface area (TPSA) is 58.3 Å². The Morgan fingerprint density at radius 3 is 2.62 bits per heavy atom. The van der Waals surface area contributed by atoms with Gasteiger partial charge in [0.05, 0.1) is 6.10 Å². The fourth-order valence-corrected chi connectivity index (χ4v) is 2.61. The van der Waals surface area contributed by atoms with Crippen molar-refractivity contribution in [2.75, 3.05) is 18.8 Å². The number of halogens is 2. The second-order valence-corrected chi connectivity index (χ2v) is 5.68. The Kier molecular flexibility index (Phi) is 5.88. The van der Waals surface area contributed by atoms with E-state index in [1.54, 1.807) is 12.1 Å². The van der Waals surface area contributed by atoms with E-state index in [1.807, 2.05) is 30.3 Å². The van der Waals surface area contributed by atoms with Gasteiger partial charge in [0.25, 0.3) is 0 Å². The van der Waals surface area contributed by atoms with Crippen LogP contribution in [-0.4, -0.2) is 18.2 Å². The first-order valence-corrected chi connectivity index (χ1v) is 7.50. The maximum Gasteiger partial charge on any atom is 0.0934 e. The lowest BCUT2D eigenvalue weighted by Gasteiger charge is -2.14. The second-order valence-electron chi connectivity index (χ2n) is 4.83. The minimum atomic E-state index is -0.619. The van der Waals surface area contributed by atoms with Crippen molar-refractivity contribution in [1.29, 1.82) is 0 Å². The Balaban J connectivity index is 1.81. The number of hydrogen-bond donors (Lipinski definition) is 3. The summed E-state index contributed by atoms with van der Waals surface area (Å²) in [5, 5.41) is 14.6. The lowest BCUT2D eigenvalue weighted by molar-refractivity contribution is 0.176. The SMILES string of the molecule is Nc1ccccc1C(O)CNCCc1ccc(Cl)cc1Cl. The van der Waals surface area contributed by atoms with Gasteiger partial charge in [0.1, 0.15) is 0 Å². The molecule has 0 aliphatic heterocycles. The molecular weight excluding hydrogens is 307 g/mol. The lowest BCUT2D eigenvalue weighted by Crippen LogP contribution is -2.24. The first-order chi connectivity index (χ1) is 10.1. The number of nitrogens with two attached hydrogens (primary N) is 1. The van der Waals surface area contributed by atoms with Crippen molar-refractivity contribution in [3.05, 3.63) is 63.6 Å². The van der Waals surface area contributed by atoms with Gasteiger partial charge in [-0.2, -0.15) is 0 Å². The summed E-state index contributed by atoms with van der Waals surface area (Å²) in [5.41, 5.74) is 8.21. The van der Waals surface area contributed by atoms with Crippen LogP contribution in [0.2, 0.25) is 10.0 Å². The second kappa shape index (κ2) is 7.66. The van der Waals surface area contributed by atoms with E-state index >= 15 is 0 Å². The third-order valence-corrected chi connectivity index (χ3v) is 3.87. The minimum absolute atomic E-state index is 0.444. The largest absolute Gasteiger partial charge is 0.398 e. The summed E-state index contributed by atoms with van der Waals surface area (Å²) in [6.45, 7) is 1.16. The third-order valence-electron chi connectivity index (χ3n) is 3.28. The van der Waals surface area contributed by atoms with Crippen LogP contribution in [0.4, 0.5) is 5.69 Å². The number of hydrogen-bond acceptors (Lipinski definition) is 3. The van der Waals surface area contributed by atoms with Crippen molar-refractivity contribution in [3.63, 3.8) is 0 Å². The number of anilines is 1. The van der Waals surface area contributed by atoms with Gasteiger partial charge in [0, 0.05) is 27.8 Å². The number of benzene rings is 2. The van der Waals surface area contributed by atoms with Crippen LogP contribution in [0.1, 0.15) is 17.2 Å². The van der Waals surface area contributed by atoms with Crippen molar-refractivity contribution >= 4 is 28.9 Å². The smallest absolute Gasteiger partial charge is 0.0934 e. The normalized spacial score (nSPS) is 12.3. The number of aliphatic hydroxyl groups excluding tert-OH is 1. The number of aliphatic hydroxyl groups is 1. The van der Waals surface area contributed by atoms with Gasteiger partial charge in [0.15, 0.2) is 0 Å². The average molecular weight is 325 g/mol. The molecule has 4 N–H and O–H groups in total. The Labute approximate surface area is 134 Å². The van der Waals surface area contributed by atoms with E-state index in [4.69, 9.17) is 28.9 Å². The summed E-state index contributed by atoms with van der Waals surface area (Å²) < 4.78 is 0. The Morgan fingerprint density at radius 2 is 1.90 bits per heavy atom. The van der Waals surface area contributed by atoms with Gasteiger partial charge in [0.2, 0.25) is 0 Å². The van der Waals surface area contributed by atoms with Gasteiger partial charge in [-0.05, 0) is 36.7 Å². The molecule has 0 spiro atoms. The number of nitrogens with one attached hydrogen (secondary N) is 1. The Hall–Kier alpha value is -1.26. The summed E-state index contributed by atoms with van der Waals surface area (Å²) in [6.07, 6.45) is 0.152. The molecule has 0 fully saturated rings. The molecule has 0 saturated carbocycles. The van der Waals surface area contributed by atoms with Crippen LogP contribution in [-0.2, 0) is 6.42 Å². The summed E-state index contributed by atoms with van der Waals surface area (Å²) in [5.74, 6) is 0. The van der Waals surface area contributed by atoms with E-state index in [9.17, 15) is 5.11 Å². The van der Waals surface area contributed by atoms with Crippen molar-refractivity contribution < 1.29 is 5.11 Å². The third kappa shape index (κ3) is 4.61. The van der Waals surface area contributed by atoms with Gasteiger partial charge in [-0.1, -0.05) is 47.5 Å². The van der Waals surface area contributed by atoms with E-state index < -0.39 is 6.10 Å². The number of rotatable bonds is 6. The highest BCUT2D eigenvalue weighted by atomic mass is 35.5. The molecule has 0 radical (unpaired) electrons. The van der Waals surface area contributed by atoms with Gasteiger partial charge >= 0.3 is 0 Å². The quantitative estimate of drug-likeness (QED) is 0.563. The maximum atomic E-state index is 10.1. The molecular formula is C16H18Cl2N2O. The highest BCUT2D eigenvalue weighted by molar-refractivity contribution is 6.35. The summed E-state index contributed by atoms with van der Waals surface area (Å²) in [7, 11) is 0. The van der Waals surface area contributed by atoms with Crippen molar-refractivity contribution in [2.45, 2.75) is 12.5 Å². The highest BCUT2D eigenvalue weighted by Crippen LogP contribution is 2.21. The Morgan fingerprint density at radius 1 is 1.14 bits per heavy atom. The molecule has 1 atom stereocenters. The van der Waals surface area contributed by atoms with E-state index in [-0.39, 0.29) is 0 Å². The number of nitrogen functional groups attached to an aromatic ring is 1. The van der Waals surface area contributed by atoms with Crippen LogP contribution in [0.3, 0.4) is 0 Å². The van der Waals surface area contributed by atoms with Crippen LogP contribution in [0.25, 0.3) is 0 Å². The Bertz CT molecular complexity index is 605. The molecule has 2 rings (SSSR count). The molecule has 0 aliphatic rings. The molecule has 112 valence electrons. The molecule has 2 aromatic carbocycles. The molecule has 0 heterocycles. The van der Waals surface area contributed by atoms with Crippen LogP contribution >= 0.6 is 23.2 Å². The zero-order valence-electron chi connectivity index (χ0n) is 11.5. The van der Waals surface area contributed by atoms with Gasteiger partial charge in [-0.3, -0.25) is 0 Å². The lowest BCUT2D eigenvalue weighted by atomic mass is 10.1. The van der Waals surface area contributed by atoms with Crippen LogP contribution in [0.15, 0.2) is 42.5 Å².